The summed E-state index contributed by atoms with van der Waals surface area (Å²) < 4.78 is -0.795. The van der Waals surface area contributed by atoms with Crippen LogP contribution in [0, 0.1) is 11.8 Å². The van der Waals surface area contributed by atoms with Crippen LogP contribution in [0.3, 0.4) is 0 Å². The minimum absolute atomic E-state index is 0.203. The molecule has 7 rings (SSSR count). The molecule has 1 N–H and O–H groups in total. The minimum Gasteiger partial charge on any atom is -0.325 e. The van der Waals surface area contributed by atoms with Crippen LogP contribution < -0.4 is 5.32 Å². The number of hydrogen-bond donors (Lipinski definition) is 1. The van der Waals surface area contributed by atoms with Gasteiger partial charge in [0.15, 0.2) is 0 Å². The predicted octanol–water partition coefficient (Wildman–Crippen LogP) is 4.02. The van der Waals surface area contributed by atoms with Gasteiger partial charge in [0.05, 0.1) is 16.2 Å². The number of amides is 3. The topological polar surface area (TPSA) is 66.5 Å². The van der Waals surface area contributed by atoms with E-state index in [1.165, 1.54) is 0 Å². The summed E-state index contributed by atoms with van der Waals surface area (Å²) in [6.45, 7) is -0.290. The lowest BCUT2D eigenvalue weighted by atomic mass is 9.55. The molecule has 3 aliphatic carbocycles. The number of nitrogens with one attached hydrogen (secondary N) is 1. The van der Waals surface area contributed by atoms with Crippen molar-refractivity contribution in [2.45, 2.75) is 10.2 Å². The Morgan fingerprint density at radius 2 is 1.41 bits per heavy atom. The van der Waals surface area contributed by atoms with E-state index in [0.29, 0.717) is 5.69 Å². The van der Waals surface area contributed by atoms with Crippen molar-refractivity contribution < 1.29 is 14.4 Å². The Balaban J connectivity index is 1.41. The van der Waals surface area contributed by atoms with Crippen LogP contribution in [-0.2, 0) is 18.7 Å². The van der Waals surface area contributed by atoms with Crippen molar-refractivity contribution in [1.82, 2.24) is 4.90 Å². The van der Waals surface area contributed by atoms with Crippen LogP contribution in [-0.4, -0.2) is 29.2 Å². The van der Waals surface area contributed by atoms with Crippen molar-refractivity contribution in [2.24, 2.45) is 11.8 Å². The first-order valence-electron chi connectivity index (χ1n) is 10.6. The molecule has 6 heteroatoms. The average Bonchev–Trinajstić information content (AvgIpc) is 3.06. The van der Waals surface area contributed by atoms with Crippen LogP contribution in [0.5, 0.6) is 0 Å². The molecule has 1 saturated heterocycles. The number of likely N-dealkylation sites (tertiary alicyclic amines) is 1. The fourth-order valence-electron chi connectivity index (χ4n) is 5.76. The van der Waals surface area contributed by atoms with Gasteiger partial charge in [0.1, 0.15) is 6.54 Å². The van der Waals surface area contributed by atoms with Crippen molar-refractivity contribution in [1.29, 1.82) is 0 Å². The number of para-hydroxylation sites is 1. The van der Waals surface area contributed by atoms with Crippen molar-refractivity contribution in [2.75, 3.05) is 11.9 Å². The summed E-state index contributed by atoms with van der Waals surface area (Å²) in [7, 11) is 0. The largest absolute Gasteiger partial charge is 0.325 e. The third kappa shape index (κ3) is 2.47. The van der Waals surface area contributed by atoms with Crippen molar-refractivity contribution >= 4 is 39.3 Å². The van der Waals surface area contributed by atoms with Gasteiger partial charge < -0.3 is 5.32 Å². The first-order chi connectivity index (χ1) is 15.5. The lowest BCUT2D eigenvalue weighted by Gasteiger charge is -2.51. The van der Waals surface area contributed by atoms with E-state index >= 15 is 0 Å². The Hall–Kier alpha value is -3.25. The molecule has 2 bridgehead atoms. The van der Waals surface area contributed by atoms with Gasteiger partial charge in [-0.25, -0.2) is 0 Å². The maximum atomic E-state index is 13.6. The van der Waals surface area contributed by atoms with E-state index < -0.39 is 16.2 Å². The second kappa shape index (κ2) is 6.87. The Morgan fingerprint density at radius 1 is 0.844 bits per heavy atom. The standard InChI is InChI=1S/C26H19BrN2O3/c27-26-18-12-6-4-10-16(18)21(17-11-5-7-13-19(17)26)22-23(26)25(32)29(24(22)31)14-20(30)28-15-8-2-1-3-9-15/h1-13,21-23H,14H2,(H,28,30)/t21?,22-,23+,26?/m1/s1. The molecule has 5 nitrogen and oxygen atoms in total. The Kier molecular flexibility index (Phi) is 4.17. The highest BCUT2D eigenvalue weighted by Crippen LogP contribution is 2.66. The van der Waals surface area contributed by atoms with Crippen LogP contribution in [0.4, 0.5) is 5.69 Å². The van der Waals surface area contributed by atoms with Crippen LogP contribution in [0.2, 0.25) is 0 Å². The summed E-state index contributed by atoms with van der Waals surface area (Å²) in [4.78, 5) is 41.1. The normalized spacial score (nSPS) is 27.0. The van der Waals surface area contributed by atoms with E-state index in [9.17, 15) is 14.4 Å². The third-order valence-corrected chi connectivity index (χ3v) is 8.31. The predicted molar refractivity (Wildman–Crippen MR) is 123 cm³/mol. The molecule has 3 amide bonds. The first kappa shape index (κ1) is 19.4. The molecule has 1 heterocycles. The highest BCUT2D eigenvalue weighted by atomic mass is 79.9. The summed E-state index contributed by atoms with van der Waals surface area (Å²) in [5.74, 6) is -2.28. The molecule has 3 aromatic rings. The molecule has 2 atom stereocenters. The molecule has 3 aromatic carbocycles. The van der Waals surface area contributed by atoms with Gasteiger partial charge in [0.2, 0.25) is 17.7 Å². The van der Waals surface area contributed by atoms with Gasteiger partial charge in [-0.1, -0.05) is 82.7 Å². The van der Waals surface area contributed by atoms with Crippen molar-refractivity contribution in [3.63, 3.8) is 0 Å². The quantitative estimate of drug-likeness (QED) is 0.449. The van der Waals surface area contributed by atoms with E-state index in [0.717, 1.165) is 27.2 Å². The summed E-state index contributed by atoms with van der Waals surface area (Å²) in [6.07, 6.45) is 0. The SMILES string of the molecule is O=C(CN1C(=O)[C@@H]2C3c4ccccc4C(Br)(c4ccccc43)[C@@H]2C1=O)Nc1ccccc1. The molecule has 0 unspecified atom stereocenters. The number of anilines is 1. The summed E-state index contributed by atoms with van der Waals surface area (Å²) >= 11 is 3.95. The van der Waals surface area contributed by atoms with Gasteiger partial charge in [-0.2, -0.15) is 0 Å². The number of imide groups is 1. The number of carbonyl (C=O) groups excluding carboxylic acids is 3. The highest BCUT2D eigenvalue weighted by molar-refractivity contribution is 9.09. The van der Waals surface area contributed by atoms with Gasteiger partial charge in [0.25, 0.3) is 0 Å². The number of carbonyl (C=O) groups is 3. The number of halogens is 1. The third-order valence-electron chi connectivity index (χ3n) is 6.96. The maximum Gasteiger partial charge on any atom is 0.244 e. The van der Waals surface area contributed by atoms with Gasteiger partial charge in [-0.3, -0.25) is 19.3 Å². The molecule has 0 aromatic heterocycles. The summed E-state index contributed by atoms with van der Waals surface area (Å²) in [5.41, 5.74) is 4.83. The summed E-state index contributed by atoms with van der Waals surface area (Å²) in [5, 5.41) is 2.78. The number of alkyl halides is 1. The van der Waals surface area contributed by atoms with E-state index in [1.54, 1.807) is 12.1 Å². The minimum atomic E-state index is -0.795. The van der Waals surface area contributed by atoms with E-state index in [1.807, 2.05) is 66.7 Å². The zero-order valence-corrected chi connectivity index (χ0v) is 18.6. The van der Waals surface area contributed by atoms with Crippen LogP contribution in [0.1, 0.15) is 28.2 Å². The molecule has 1 fully saturated rings. The number of rotatable bonds is 3. The van der Waals surface area contributed by atoms with E-state index in [-0.39, 0.29) is 30.2 Å². The zero-order chi connectivity index (χ0) is 22.0. The Morgan fingerprint density at radius 3 is 2.03 bits per heavy atom. The van der Waals surface area contributed by atoms with Crippen LogP contribution >= 0.6 is 15.9 Å². The lowest BCUT2D eigenvalue weighted by molar-refractivity contribution is -0.142. The maximum absolute atomic E-state index is 13.6. The first-order valence-corrected chi connectivity index (χ1v) is 11.4. The second-order valence-corrected chi connectivity index (χ2v) is 9.80. The second-order valence-electron chi connectivity index (χ2n) is 8.54. The molecule has 158 valence electrons. The van der Waals surface area contributed by atoms with Gasteiger partial charge in [0, 0.05) is 11.6 Å². The molecule has 32 heavy (non-hydrogen) atoms. The molecule has 1 aliphatic heterocycles. The zero-order valence-electron chi connectivity index (χ0n) is 17.0. The smallest absolute Gasteiger partial charge is 0.244 e. The molecular weight excluding hydrogens is 468 g/mol. The number of nitrogens with zero attached hydrogens (tertiary/aromatic N) is 1. The Labute approximate surface area is 193 Å². The Bertz CT molecular complexity index is 1240. The fraction of sp³-hybridized carbons (Fsp3) is 0.192. The van der Waals surface area contributed by atoms with E-state index in [4.69, 9.17) is 0 Å². The van der Waals surface area contributed by atoms with Crippen LogP contribution in [0.25, 0.3) is 0 Å². The van der Waals surface area contributed by atoms with Gasteiger partial charge in [-0.15, -0.1) is 0 Å². The van der Waals surface area contributed by atoms with Gasteiger partial charge >= 0.3 is 0 Å². The number of hydrogen-bond acceptors (Lipinski definition) is 3. The number of benzene rings is 3. The van der Waals surface area contributed by atoms with Crippen molar-refractivity contribution in [3.05, 3.63) is 101 Å². The molecular formula is C26H19BrN2O3. The molecule has 4 aliphatic rings. The van der Waals surface area contributed by atoms with Crippen LogP contribution in [0.15, 0.2) is 78.9 Å². The summed E-state index contributed by atoms with van der Waals surface area (Å²) in [6, 6.07) is 25.1. The fourth-order valence-corrected chi connectivity index (χ4v) is 6.96. The highest BCUT2D eigenvalue weighted by Gasteiger charge is 2.67. The molecule has 0 radical (unpaired) electrons. The monoisotopic (exact) mass is 486 g/mol. The van der Waals surface area contributed by atoms with E-state index in [2.05, 4.69) is 21.2 Å². The lowest BCUT2D eigenvalue weighted by Crippen LogP contribution is -2.50. The van der Waals surface area contributed by atoms with Gasteiger partial charge in [-0.05, 0) is 34.4 Å². The average molecular weight is 487 g/mol. The molecule has 0 spiro atoms. The van der Waals surface area contributed by atoms with Crippen molar-refractivity contribution in [3.8, 4) is 0 Å². The molecule has 0 saturated carbocycles.